The van der Waals surface area contributed by atoms with Crippen molar-refractivity contribution < 1.29 is 24.5 Å². The van der Waals surface area contributed by atoms with Crippen molar-refractivity contribution in [3.63, 3.8) is 0 Å². The van der Waals surface area contributed by atoms with Gasteiger partial charge in [0.25, 0.3) is 5.91 Å². The van der Waals surface area contributed by atoms with E-state index in [-0.39, 0.29) is 24.8 Å². The maximum atomic E-state index is 13.0. The van der Waals surface area contributed by atoms with Gasteiger partial charge in [-0.25, -0.2) is 0 Å². The van der Waals surface area contributed by atoms with Gasteiger partial charge in [-0.3, -0.25) is 9.89 Å². The van der Waals surface area contributed by atoms with E-state index in [0.29, 0.717) is 34.0 Å². The van der Waals surface area contributed by atoms with Gasteiger partial charge in [0.15, 0.2) is 11.5 Å². The number of hydrogen-bond acceptors (Lipinski definition) is 6. The largest absolute Gasteiger partial charge is 0.507 e. The summed E-state index contributed by atoms with van der Waals surface area (Å²) in [5.74, 6) is 0.911. The highest BCUT2D eigenvalue weighted by Gasteiger charge is 2.42. The Bertz CT molecular complexity index is 1060. The zero-order valence-electron chi connectivity index (χ0n) is 16.0. The number of phenolic OH excluding ortho intramolecular Hbond substituents is 1. The molecule has 0 unspecified atom stereocenters. The van der Waals surface area contributed by atoms with Crippen molar-refractivity contribution in [2.45, 2.75) is 6.04 Å². The number of aliphatic hydroxyl groups is 1. The lowest BCUT2D eigenvalue weighted by Gasteiger charge is -2.26. The summed E-state index contributed by atoms with van der Waals surface area (Å²) in [5, 5.41) is 27.0. The molecule has 3 aromatic rings. The number of phenols is 1. The number of methoxy groups -OCH3 is 2. The number of carbonyl (C=O) groups is 1. The van der Waals surface area contributed by atoms with E-state index >= 15 is 0 Å². The Hall–Kier alpha value is -3.52. The molecule has 2 aromatic carbocycles. The fourth-order valence-electron chi connectivity index (χ4n) is 3.78. The summed E-state index contributed by atoms with van der Waals surface area (Å²) in [5.41, 5.74) is 2.79. The third kappa shape index (κ3) is 2.98. The summed E-state index contributed by atoms with van der Waals surface area (Å²) in [6, 6.07) is 11.8. The fourth-order valence-corrected chi connectivity index (χ4v) is 3.78. The highest BCUT2D eigenvalue weighted by molar-refractivity contribution is 6.00. The Balaban J connectivity index is 1.91. The molecule has 4 rings (SSSR count). The average Bonchev–Trinajstić information content (AvgIpc) is 3.28. The molecule has 150 valence electrons. The van der Waals surface area contributed by atoms with Gasteiger partial charge in [0.1, 0.15) is 17.1 Å². The van der Waals surface area contributed by atoms with E-state index in [2.05, 4.69) is 10.2 Å². The molecule has 0 saturated carbocycles. The Morgan fingerprint density at radius 1 is 1.14 bits per heavy atom. The smallest absolute Gasteiger partial charge is 0.273 e. The molecule has 1 atom stereocenters. The highest BCUT2D eigenvalue weighted by atomic mass is 16.5. The maximum absolute atomic E-state index is 13.0. The van der Waals surface area contributed by atoms with Crippen LogP contribution in [0.4, 0.5) is 0 Å². The first-order valence-corrected chi connectivity index (χ1v) is 9.11. The number of benzene rings is 2. The van der Waals surface area contributed by atoms with Crippen molar-refractivity contribution >= 4 is 5.91 Å². The molecule has 0 bridgehead atoms. The summed E-state index contributed by atoms with van der Waals surface area (Å²) < 4.78 is 10.7. The molecule has 0 fully saturated rings. The summed E-state index contributed by atoms with van der Waals surface area (Å²) in [7, 11) is 3.10. The van der Waals surface area contributed by atoms with Gasteiger partial charge in [0, 0.05) is 17.7 Å². The standard InChI is InChI=1S/C21H21N3O5/c1-28-15-8-7-12(11-16(15)29-2)20-17-18(13-5-3-4-6-14(13)26)22-23-19(17)21(27)24(20)9-10-25/h3-8,11,20,25-26H,9-10H2,1-2H3,(H,22,23)/t20-/m1/s1. The van der Waals surface area contributed by atoms with Crippen molar-refractivity contribution in [3.05, 3.63) is 59.3 Å². The number of aromatic amines is 1. The molecule has 0 aliphatic carbocycles. The lowest BCUT2D eigenvalue weighted by atomic mass is 9.95. The lowest BCUT2D eigenvalue weighted by Crippen LogP contribution is -2.32. The minimum Gasteiger partial charge on any atom is -0.507 e. The summed E-state index contributed by atoms with van der Waals surface area (Å²) >= 11 is 0. The van der Waals surface area contributed by atoms with Gasteiger partial charge < -0.3 is 24.6 Å². The lowest BCUT2D eigenvalue weighted by molar-refractivity contribution is 0.0706. The molecule has 8 nitrogen and oxygen atoms in total. The predicted molar refractivity (Wildman–Crippen MR) is 105 cm³/mol. The molecule has 8 heteroatoms. The fraction of sp³-hybridized carbons (Fsp3) is 0.238. The first-order chi connectivity index (χ1) is 14.1. The van der Waals surface area contributed by atoms with Gasteiger partial charge in [-0.2, -0.15) is 5.10 Å². The number of carbonyl (C=O) groups excluding carboxylic acids is 1. The maximum Gasteiger partial charge on any atom is 0.273 e. The number of aromatic nitrogens is 2. The number of rotatable bonds is 6. The average molecular weight is 395 g/mol. The number of aliphatic hydroxyl groups excluding tert-OH is 1. The Morgan fingerprint density at radius 2 is 1.90 bits per heavy atom. The molecule has 1 aliphatic heterocycles. The summed E-state index contributed by atoms with van der Waals surface area (Å²) in [6.45, 7) is -0.0280. The van der Waals surface area contributed by atoms with Crippen LogP contribution in [0.25, 0.3) is 11.3 Å². The van der Waals surface area contributed by atoms with E-state index in [9.17, 15) is 15.0 Å². The van der Waals surface area contributed by atoms with Crippen molar-refractivity contribution in [2.24, 2.45) is 0 Å². The van der Waals surface area contributed by atoms with Gasteiger partial charge in [0.2, 0.25) is 0 Å². The van der Waals surface area contributed by atoms with Crippen molar-refractivity contribution in [1.82, 2.24) is 15.1 Å². The number of β-amino-alcohol motifs (C(OH)–C–C–N with tert-alkyl or cyclic N) is 1. The van der Waals surface area contributed by atoms with Gasteiger partial charge >= 0.3 is 0 Å². The van der Waals surface area contributed by atoms with Crippen LogP contribution in [0.3, 0.4) is 0 Å². The molecule has 2 heterocycles. The molecule has 1 aromatic heterocycles. The van der Waals surface area contributed by atoms with Crippen LogP contribution in [0.5, 0.6) is 17.2 Å². The number of aromatic hydroxyl groups is 1. The second-order valence-corrected chi connectivity index (χ2v) is 6.62. The number of ether oxygens (including phenoxy) is 2. The first kappa shape index (κ1) is 18.8. The van der Waals surface area contributed by atoms with Gasteiger partial charge in [-0.15, -0.1) is 0 Å². The number of H-pyrrole nitrogens is 1. The van der Waals surface area contributed by atoms with Crippen LogP contribution < -0.4 is 9.47 Å². The molecule has 0 spiro atoms. The Labute approximate surface area is 167 Å². The Morgan fingerprint density at radius 3 is 2.59 bits per heavy atom. The Kier molecular flexibility index (Phi) is 4.85. The monoisotopic (exact) mass is 395 g/mol. The highest BCUT2D eigenvalue weighted by Crippen LogP contribution is 2.45. The van der Waals surface area contributed by atoms with Crippen LogP contribution in [-0.2, 0) is 0 Å². The minimum absolute atomic E-state index is 0.0703. The zero-order chi connectivity index (χ0) is 20.5. The number of fused-ring (bicyclic) bond motifs is 1. The van der Waals surface area contributed by atoms with E-state index in [1.54, 1.807) is 55.5 Å². The number of hydrogen-bond donors (Lipinski definition) is 3. The third-order valence-corrected chi connectivity index (χ3v) is 5.09. The number of para-hydroxylation sites is 1. The number of amides is 1. The quantitative estimate of drug-likeness (QED) is 0.591. The zero-order valence-corrected chi connectivity index (χ0v) is 16.0. The molecule has 29 heavy (non-hydrogen) atoms. The van der Waals surface area contributed by atoms with E-state index in [4.69, 9.17) is 9.47 Å². The van der Waals surface area contributed by atoms with Crippen molar-refractivity contribution in [1.29, 1.82) is 0 Å². The molecular formula is C21H21N3O5. The minimum atomic E-state index is -0.502. The van der Waals surface area contributed by atoms with Gasteiger partial charge in [0.05, 0.1) is 26.9 Å². The van der Waals surface area contributed by atoms with Gasteiger partial charge in [-0.1, -0.05) is 18.2 Å². The van der Waals surface area contributed by atoms with Crippen LogP contribution >= 0.6 is 0 Å². The van der Waals surface area contributed by atoms with Crippen LogP contribution in [-0.4, -0.2) is 58.6 Å². The molecule has 1 amide bonds. The van der Waals surface area contributed by atoms with E-state index in [0.717, 1.165) is 5.56 Å². The molecular weight excluding hydrogens is 374 g/mol. The summed E-state index contributed by atoms with van der Waals surface area (Å²) in [6.07, 6.45) is 0. The van der Waals surface area contributed by atoms with Crippen LogP contribution in [0, 0.1) is 0 Å². The topological polar surface area (TPSA) is 108 Å². The normalized spacial score (nSPS) is 15.5. The van der Waals surface area contributed by atoms with E-state index in [1.165, 1.54) is 0 Å². The van der Waals surface area contributed by atoms with Crippen LogP contribution in [0.1, 0.15) is 27.7 Å². The SMILES string of the molecule is COc1ccc([C@@H]2c3c(-c4ccccc4O)n[nH]c3C(=O)N2CCO)cc1OC. The van der Waals surface area contributed by atoms with Crippen LogP contribution in [0.15, 0.2) is 42.5 Å². The molecule has 0 saturated heterocycles. The first-order valence-electron chi connectivity index (χ1n) is 9.11. The number of nitrogens with one attached hydrogen (secondary N) is 1. The van der Waals surface area contributed by atoms with E-state index in [1.807, 2.05) is 6.07 Å². The number of nitrogens with zero attached hydrogens (tertiary/aromatic N) is 2. The predicted octanol–water partition coefficient (Wildman–Crippen LogP) is 2.34. The van der Waals surface area contributed by atoms with Crippen molar-refractivity contribution in [2.75, 3.05) is 27.4 Å². The third-order valence-electron chi connectivity index (χ3n) is 5.09. The second kappa shape index (κ2) is 7.48. The molecule has 3 N–H and O–H groups in total. The second-order valence-electron chi connectivity index (χ2n) is 6.62. The molecule has 1 aliphatic rings. The van der Waals surface area contributed by atoms with E-state index < -0.39 is 6.04 Å². The van der Waals surface area contributed by atoms with Crippen LogP contribution in [0.2, 0.25) is 0 Å². The summed E-state index contributed by atoms with van der Waals surface area (Å²) in [4.78, 5) is 14.6. The van der Waals surface area contributed by atoms with Crippen molar-refractivity contribution in [3.8, 4) is 28.5 Å². The molecule has 0 radical (unpaired) electrons. The van der Waals surface area contributed by atoms with Gasteiger partial charge in [-0.05, 0) is 29.8 Å².